The van der Waals surface area contributed by atoms with Crippen molar-refractivity contribution in [2.75, 3.05) is 4.90 Å². The summed E-state index contributed by atoms with van der Waals surface area (Å²) in [4.78, 5) is 61.8. The molecule has 2 saturated heterocycles. The van der Waals surface area contributed by atoms with Crippen LogP contribution in [0.1, 0.15) is 23.6 Å². The Kier molecular flexibility index (Phi) is 5.79. The molecule has 2 amide bonds. The van der Waals surface area contributed by atoms with E-state index in [2.05, 4.69) is 5.32 Å². The molecule has 2 aliphatic rings. The number of non-ortho nitro benzene ring substituents is 1. The number of carbonyl (C=O) groups is 4. The summed E-state index contributed by atoms with van der Waals surface area (Å²) < 4.78 is 40.0. The molecule has 2 aromatic rings. The molecule has 0 radical (unpaired) electrons. The molecule has 2 fully saturated rings. The van der Waals surface area contributed by atoms with Crippen LogP contribution in [0.4, 0.5) is 24.5 Å². The van der Waals surface area contributed by atoms with Gasteiger partial charge >= 0.3 is 18.1 Å². The Bertz CT molecular complexity index is 1310. The Balaban J connectivity index is 1.89. The number of carboxylic acid groups (broad SMARTS) is 2. The number of rotatable bonds is 6. The molecule has 0 aliphatic carbocycles. The van der Waals surface area contributed by atoms with Crippen LogP contribution in [0.5, 0.6) is 0 Å². The van der Waals surface area contributed by atoms with E-state index in [-0.39, 0.29) is 11.3 Å². The third-order valence-corrected chi connectivity index (χ3v) is 6.34. The van der Waals surface area contributed by atoms with Crippen molar-refractivity contribution >= 4 is 35.1 Å². The van der Waals surface area contributed by atoms with Gasteiger partial charge in [-0.15, -0.1) is 0 Å². The minimum Gasteiger partial charge on any atom is -0.481 e. The number of alkyl halides is 3. The molecule has 4 atom stereocenters. The Morgan fingerprint density at radius 1 is 1.08 bits per heavy atom. The van der Waals surface area contributed by atoms with Gasteiger partial charge in [-0.25, -0.2) is 4.90 Å². The number of amides is 2. The summed E-state index contributed by atoms with van der Waals surface area (Å²) in [5.41, 5.74) is -4.57. The lowest BCUT2D eigenvalue weighted by Crippen LogP contribution is -2.57. The van der Waals surface area contributed by atoms with E-state index < -0.39 is 75.9 Å². The number of aliphatic carboxylic acids is 2. The largest absolute Gasteiger partial charge is 0.481 e. The van der Waals surface area contributed by atoms with Gasteiger partial charge in [-0.3, -0.25) is 34.6 Å². The summed E-state index contributed by atoms with van der Waals surface area (Å²) in [6, 6.07) is 6.56. The monoisotopic (exact) mass is 507 g/mol. The third kappa shape index (κ3) is 3.84. The summed E-state index contributed by atoms with van der Waals surface area (Å²) in [5, 5.41) is 33.1. The summed E-state index contributed by atoms with van der Waals surface area (Å²) in [7, 11) is 0. The minimum atomic E-state index is -4.77. The molecular formula is C22H16F3N3O8. The van der Waals surface area contributed by atoms with Crippen molar-refractivity contribution in [3.63, 3.8) is 0 Å². The molecule has 4 unspecified atom stereocenters. The molecule has 4 rings (SSSR count). The predicted molar refractivity (Wildman–Crippen MR) is 113 cm³/mol. The SMILES string of the molecule is O=C(O)CC1(C(=O)O)NC(c2cccc(C(F)(F)F)c2)C2C(=O)N(c3cccc([N+](=O)[O-])c3)C(=O)C21. The highest BCUT2D eigenvalue weighted by Crippen LogP contribution is 2.51. The van der Waals surface area contributed by atoms with Crippen LogP contribution in [0.25, 0.3) is 0 Å². The van der Waals surface area contributed by atoms with E-state index in [0.29, 0.717) is 11.0 Å². The van der Waals surface area contributed by atoms with E-state index in [4.69, 9.17) is 0 Å². The highest BCUT2D eigenvalue weighted by molar-refractivity contribution is 6.24. The molecule has 0 aromatic heterocycles. The maximum Gasteiger partial charge on any atom is 0.416 e. The van der Waals surface area contributed by atoms with Crippen LogP contribution in [0.2, 0.25) is 0 Å². The molecule has 0 bridgehead atoms. The average Bonchev–Trinajstić information content (AvgIpc) is 3.27. The number of benzene rings is 2. The van der Waals surface area contributed by atoms with Gasteiger partial charge in [-0.05, 0) is 23.8 Å². The van der Waals surface area contributed by atoms with E-state index in [1.807, 2.05) is 0 Å². The molecule has 2 aliphatic heterocycles. The maximum atomic E-state index is 13.5. The minimum absolute atomic E-state index is 0.185. The van der Waals surface area contributed by atoms with Gasteiger partial charge in [0.1, 0.15) is 5.54 Å². The third-order valence-electron chi connectivity index (χ3n) is 6.34. The molecule has 14 heteroatoms. The van der Waals surface area contributed by atoms with Gasteiger partial charge in [0.05, 0.1) is 34.4 Å². The molecule has 2 heterocycles. The highest BCUT2D eigenvalue weighted by Gasteiger charge is 2.69. The van der Waals surface area contributed by atoms with Gasteiger partial charge < -0.3 is 10.2 Å². The van der Waals surface area contributed by atoms with Gasteiger partial charge in [0, 0.05) is 18.2 Å². The lowest BCUT2D eigenvalue weighted by atomic mass is 9.77. The second-order valence-electron chi connectivity index (χ2n) is 8.38. The van der Waals surface area contributed by atoms with Crippen LogP contribution in [0.15, 0.2) is 48.5 Å². The highest BCUT2D eigenvalue weighted by atomic mass is 19.4. The van der Waals surface area contributed by atoms with Crippen LogP contribution in [0.3, 0.4) is 0 Å². The van der Waals surface area contributed by atoms with Crippen molar-refractivity contribution in [1.29, 1.82) is 0 Å². The number of halogens is 3. The van der Waals surface area contributed by atoms with Crippen LogP contribution in [0, 0.1) is 22.0 Å². The fourth-order valence-electron chi connectivity index (χ4n) is 4.87. The number of hydrogen-bond donors (Lipinski definition) is 3. The molecule has 11 nitrogen and oxygen atoms in total. The number of imide groups is 1. The van der Waals surface area contributed by atoms with E-state index in [1.165, 1.54) is 18.2 Å². The molecule has 3 N–H and O–H groups in total. The molecular weight excluding hydrogens is 491 g/mol. The first-order valence-corrected chi connectivity index (χ1v) is 10.3. The lowest BCUT2D eigenvalue weighted by Gasteiger charge is -2.29. The molecule has 0 saturated carbocycles. The first-order valence-electron chi connectivity index (χ1n) is 10.3. The molecule has 0 spiro atoms. The summed E-state index contributed by atoms with van der Waals surface area (Å²) in [5.74, 6) is -9.03. The predicted octanol–water partition coefficient (Wildman–Crippen LogP) is 2.36. The van der Waals surface area contributed by atoms with E-state index >= 15 is 0 Å². The topological polar surface area (TPSA) is 167 Å². The summed E-state index contributed by atoms with van der Waals surface area (Å²) in [6.45, 7) is 0. The van der Waals surface area contributed by atoms with Crippen LogP contribution in [-0.4, -0.2) is 44.4 Å². The lowest BCUT2D eigenvalue weighted by molar-refractivity contribution is -0.384. The van der Waals surface area contributed by atoms with E-state index in [9.17, 15) is 52.7 Å². The normalized spacial score (nSPS) is 25.6. The van der Waals surface area contributed by atoms with Crippen molar-refractivity contribution in [2.45, 2.75) is 24.2 Å². The van der Waals surface area contributed by atoms with Crippen molar-refractivity contribution in [3.05, 3.63) is 69.8 Å². The summed E-state index contributed by atoms with van der Waals surface area (Å²) >= 11 is 0. The fraction of sp³-hybridized carbons (Fsp3) is 0.273. The van der Waals surface area contributed by atoms with Crippen LogP contribution in [-0.2, 0) is 25.4 Å². The fourth-order valence-corrected chi connectivity index (χ4v) is 4.87. The van der Waals surface area contributed by atoms with Gasteiger partial charge in [-0.2, -0.15) is 13.2 Å². The number of nitro benzene ring substituents is 1. The molecule has 36 heavy (non-hydrogen) atoms. The first-order chi connectivity index (χ1) is 16.8. The van der Waals surface area contributed by atoms with Crippen LogP contribution >= 0.6 is 0 Å². The van der Waals surface area contributed by atoms with Crippen molar-refractivity contribution in [2.24, 2.45) is 11.8 Å². The zero-order valence-electron chi connectivity index (χ0n) is 17.9. The Hall–Kier alpha value is -4.33. The second kappa shape index (κ2) is 8.41. The zero-order chi connectivity index (χ0) is 26.6. The van der Waals surface area contributed by atoms with Crippen molar-refractivity contribution in [1.82, 2.24) is 5.32 Å². The Morgan fingerprint density at radius 3 is 2.33 bits per heavy atom. The Labute approximate surface area is 199 Å². The van der Waals surface area contributed by atoms with Crippen molar-refractivity contribution < 1.29 is 47.5 Å². The molecule has 188 valence electrons. The number of anilines is 1. The van der Waals surface area contributed by atoms with E-state index in [0.717, 1.165) is 24.3 Å². The average molecular weight is 507 g/mol. The zero-order valence-corrected chi connectivity index (χ0v) is 17.9. The number of hydrogen-bond acceptors (Lipinski definition) is 7. The standard InChI is InChI=1S/C22H16F3N3O8/c23-22(24,25)11-4-1-3-10(7-11)17-15-16(21(26-17,20(33)34)9-14(29)30)19(32)27(18(15)31)12-5-2-6-13(8-12)28(35)36/h1-8,15-17,26H,9H2,(H,29,30)(H,33,34). The number of carbonyl (C=O) groups excluding carboxylic acids is 2. The first kappa shape index (κ1) is 24.8. The number of nitrogens with one attached hydrogen (secondary N) is 1. The van der Waals surface area contributed by atoms with Gasteiger partial charge in [0.25, 0.3) is 5.69 Å². The molecule has 2 aromatic carbocycles. The van der Waals surface area contributed by atoms with Crippen molar-refractivity contribution in [3.8, 4) is 0 Å². The quantitative estimate of drug-likeness (QED) is 0.302. The van der Waals surface area contributed by atoms with E-state index in [1.54, 1.807) is 0 Å². The van der Waals surface area contributed by atoms with Crippen LogP contribution < -0.4 is 10.2 Å². The number of nitro groups is 1. The van der Waals surface area contributed by atoms with Gasteiger partial charge in [-0.1, -0.05) is 18.2 Å². The number of fused-ring (bicyclic) bond motifs is 1. The number of carboxylic acids is 2. The van der Waals surface area contributed by atoms with Gasteiger partial charge in [0.2, 0.25) is 11.8 Å². The maximum absolute atomic E-state index is 13.5. The second-order valence-corrected chi connectivity index (χ2v) is 8.38. The van der Waals surface area contributed by atoms with Gasteiger partial charge in [0.15, 0.2) is 0 Å². The summed E-state index contributed by atoms with van der Waals surface area (Å²) in [6.07, 6.45) is -5.94. The smallest absolute Gasteiger partial charge is 0.416 e. The number of nitrogens with zero attached hydrogens (tertiary/aromatic N) is 2. The Morgan fingerprint density at radius 2 is 1.75 bits per heavy atom.